The molecule has 1 saturated heterocycles. The van der Waals surface area contributed by atoms with E-state index in [0.717, 1.165) is 30.8 Å². The molecule has 1 unspecified atom stereocenters. The van der Waals surface area contributed by atoms with Crippen molar-refractivity contribution in [3.63, 3.8) is 0 Å². The molecule has 0 aromatic carbocycles. The summed E-state index contributed by atoms with van der Waals surface area (Å²) in [5.74, 6) is -0.0701. The van der Waals surface area contributed by atoms with Gasteiger partial charge in [-0.3, -0.25) is 9.89 Å². The zero-order chi connectivity index (χ0) is 11.5. The quantitative estimate of drug-likeness (QED) is 0.801. The average molecular weight is 223 g/mol. The van der Waals surface area contributed by atoms with Gasteiger partial charge in [0, 0.05) is 18.8 Å². The molecule has 1 atom stereocenters. The van der Waals surface area contributed by atoms with Crippen LogP contribution in [0.5, 0.6) is 0 Å². The van der Waals surface area contributed by atoms with Crippen LogP contribution in [0.2, 0.25) is 0 Å². The number of hydrogen-bond donors (Lipinski definition) is 2. The Bertz CT molecular complexity index is 361. The van der Waals surface area contributed by atoms with E-state index in [1.54, 1.807) is 0 Å². The Morgan fingerprint density at radius 1 is 1.62 bits per heavy atom. The third kappa shape index (κ3) is 2.24. The lowest BCUT2D eigenvalue weighted by Gasteiger charge is -2.10. The molecule has 1 aromatic heterocycles. The van der Waals surface area contributed by atoms with Crippen LogP contribution < -0.4 is 5.32 Å². The van der Waals surface area contributed by atoms with Crippen molar-refractivity contribution in [2.24, 2.45) is 0 Å². The first-order valence-electron chi connectivity index (χ1n) is 5.60. The molecule has 0 spiro atoms. The van der Waals surface area contributed by atoms with Crippen LogP contribution in [0.4, 0.5) is 0 Å². The third-order valence-electron chi connectivity index (χ3n) is 2.87. The van der Waals surface area contributed by atoms with E-state index in [1.165, 1.54) is 0 Å². The molecule has 88 valence electrons. The standard InChI is InChI=1S/C11H17N3O2/c1-7-10(8(2)14-13-7)11(15)12-6-9-4-3-5-16-9/h9H,3-6H2,1-2H3,(H,12,15)(H,13,14). The predicted molar refractivity (Wildman–Crippen MR) is 59.4 cm³/mol. The van der Waals surface area contributed by atoms with Crippen LogP contribution in [-0.4, -0.2) is 35.4 Å². The normalized spacial score (nSPS) is 20.0. The molecule has 5 heteroatoms. The zero-order valence-corrected chi connectivity index (χ0v) is 9.67. The van der Waals surface area contributed by atoms with Gasteiger partial charge in [0.1, 0.15) is 0 Å². The molecule has 1 amide bonds. The Kier molecular flexibility index (Phi) is 3.24. The number of hydrogen-bond acceptors (Lipinski definition) is 3. The summed E-state index contributed by atoms with van der Waals surface area (Å²) in [6, 6.07) is 0. The Balaban J connectivity index is 1.92. The molecule has 2 heterocycles. The highest BCUT2D eigenvalue weighted by atomic mass is 16.5. The highest BCUT2D eigenvalue weighted by Gasteiger charge is 2.19. The molecule has 0 bridgehead atoms. The fraction of sp³-hybridized carbons (Fsp3) is 0.636. The predicted octanol–water partition coefficient (Wildman–Crippen LogP) is 0.935. The lowest BCUT2D eigenvalue weighted by atomic mass is 10.2. The largest absolute Gasteiger partial charge is 0.376 e. The van der Waals surface area contributed by atoms with Gasteiger partial charge in [0.2, 0.25) is 0 Å². The summed E-state index contributed by atoms with van der Waals surface area (Å²) >= 11 is 0. The molecule has 1 aliphatic rings. The van der Waals surface area contributed by atoms with Crippen LogP contribution in [0.15, 0.2) is 0 Å². The summed E-state index contributed by atoms with van der Waals surface area (Å²) in [5.41, 5.74) is 2.20. The minimum Gasteiger partial charge on any atom is -0.376 e. The van der Waals surface area contributed by atoms with Crippen LogP contribution in [-0.2, 0) is 4.74 Å². The second kappa shape index (κ2) is 4.65. The number of H-pyrrole nitrogens is 1. The van der Waals surface area contributed by atoms with Crippen molar-refractivity contribution < 1.29 is 9.53 Å². The van der Waals surface area contributed by atoms with Gasteiger partial charge in [-0.05, 0) is 26.7 Å². The molecule has 0 saturated carbocycles. The SMILES string of the molecule is Cc1n[nH]c(C)c1C(=O)NCC1CCCO1. The van der Waals surface area contributed by atoms with Gasteiger partial charge in [0.25, 0.3) is 5.91 Å². The topological polar surface area (TPSA) is 67.0 Å². The summed E-state index contributed by atoms with van der Waals surface area (Å²) in [6.07, 6.45) is 2.30. The Morgan fingerprint density at radius 3 is 3.00 bits per heavy atom. The fourth-order valence-corrected chi connectivity index (χ4v) is 1.99. The van der Waals surface area contributed by atoms with Gasteiger partial charge in [-0.1, -0.05) is 0 Å². The number of ether oxygens (including phenoxy) is 1. The number of amides is 1. The first kappa shape index (κ1) is 11.1. The number of nitrogens with zero attached hydrogens (tertiary/aromatic N) is 1. The molecule has 5 nitrogen and oxygen atoms in total. The fourth-order valence-electron chi connectivity index (χ4n) is 1.99. The number of rotatable bonds is 3. The van der Waals surface area contributed by atoms with Crippen molar-refractivity contribution in [2.75, 3.05) is 13.2 Å². The first-order valence-corrected chi connectivity index (χ1v) is 5.60. The minimum atomic E-state index is -0.0701. The first-order chi connectivity index (χ1) is 7.68. The molecule has 16 heavy (non-hydrogen) atoms. The van der Waals surface area contributed by atoms with Crippen molar-refractivity contribution in [2.45, 2.75) is 32.8 Å². The molecule has 1 aromatic rings. The zero-order valence-electron chi connectivity index (χ0n) is 9.67. The van der Waals surface area contributed by atoms with E-state index in [-0.39, 0.29) is 12.0 Å². The smallest absolute Gasteiger partial charge is 0.255 e. The van der Waals surface area contributed by atoms with E-state index in [4.69, 9.17) is 4.74 Å². The molecular weight excluding hydrogens is 206 g/mol. The molecular formula is C11H17N3O2. The van der Waals surface area contributed by atoms with Gasteiger partial charge < -0.3 is 10.1 Å². The number of aromatic nitrogens is 2. The average Bonchev–Trinajstić information content (AvgIpc) is 2.86. The van der Waals surface area contributed by atoms with Crippen LogP contribution in [0.25, 0.3) is 0 Å². The summed E-state index contributed by atoms with van der Waals surface area (Å²) in [5, 5.41) is 9.69. The van der Waals surface area contributed by atoms with Crippen LogP contribution in [0.1, 0.15) is 34.6 Å². The van der Waals surface area contributed by atoms with E-state index in [9.17, 15) is 4.79 Å². The minimum absolute atomic E-state index is 0.0701. The molecule has 2 N–H and O–H groups in total. The van der Waals surface area contributed by atoms with Crippen LogP contribution in [0.3, 0.4) is 0 Å². The maximum absolute atomic E-state index is 11.9. The van der Waals surface area contributed by atoms with Crippen molar-refractivity contribution in [3.8, 4) is 0 Å². The van der Waals surface area contributed by atoms with Gasteiger partial charge in [-0.15, -0.1) is 0 Å². The highest BCUT2D eigenvalue weighted by Crippen LogP contribution is 2.12. The van der Waals surface area contributed by atoms with E-state index in [1.807, 2.05) is 13.8 Å². The molecule has 0 aliphatic carbocycles. The summed E-state index contributed by atoms with van der Waals surface area (Å²) < 4.78 is 5.44. The maximum Gasteiger partial charge on any atom is 0.255 e. The molecule has 1 fully saturated rings. The van der Waals surface area contributed by atoms with Crippen molar-refractivity contribution >= 4 is 5.91 Å². The van der Waals surface area contributed by atoms with Gasteiger partial charge in [-0.25, -0.2) is 0 Å². The number of aromatic amines is 1. The number of carbonyl (C=O) groups excluding carboxylic acids is 1. The van der Waals surface area contributed by atoms with Gasteiger partial charge >= 0.3 is 0 Å². The van der Waals surface area contributed by atoms with E-state index < -0.39 is 0 Å². The van der Waals surface area contributed by atoms with E-state index >= 15 is 0 Å². The van der Waals surface area contributed by atoms with Crippen molar-refractivity contribution in [1.82, 2.24) is 15.5 Å². The lowest BCUT2D eigenvalue weighted by Crippen LogP contribution is -2.32. The van der Waals surface area contributed by atoms with Gasteiger partial charge in [0.15, 0.2) is 0 Å². The van der Waals surface area contributed by atoms with Crippen molar-refractivity contribution in [3.05, 3.63) is 17.0 Å². The maximum atomic E-state index is 11.9. The van der Waals surface area contributed by atoms with Crippen molar-refractivity contribution in [1.29, 1.82) is 0 Å². The van der Waals surface area contributed by atoms with Crippen LogP contribution in [0, 0.1) is 13.8 Å². The second-order valence-corrected chi connectivity index (χ2v) is 4.15. The Labute approximate surface area is 94.6 Å². The third-order valence-corrected chi connectivity index (χ3v) is 2.87. The van der Waals surface area contributed by atoms with Gasteiger partial charge in [0.05, 0.1) is 17.4 Å². The second-order valence-electron chi connectivity index (χ2n) is 4.15. The summed E-state index contributed by atoms with van der Waals surface area (Å²) in [7, 11) is 0. The molecule has 0 radical (unpaired) electrons. The number of nitrogens with one attached hydrogen (secondary N) is 2. The molecule has 2 rings (SSSR count). The number of aryl methyl sites for hydroxylation is 2. The summed E-state index contributed by atoms with van der Waals surface area (Å²) in [4.78, 5) is 11.9. The highest BCUT2D eigenvalue weighted by molar-refractivity contribution is 5.96. The molecule has 1 aliphatic heterocycles. The Morgan fingerprint density at radius 2 is 2.44 bits per heavy atom. The number of carbonyl (C=O) groups is 1. The Hall–Kier alpha value is -1.36. The van der Waals surface area contributed by atoms with E-state index in [2.05, 4.69) is 15.5 Å². The monoisotopic (exact) mass is 223 g/mol. The van der Waals surface area contributed by atoms with Crippen LogP contribution >= 0.6 is 0 Å². The van der Waals surface area contributed by atoms with Gasteiger partial charge in [-0.2, -0.15) is 5.10 Å². The van der Waals surface area contributed by atoms with E-state index in [0.29, 0.717) is 12.1 Å². The lowest BCUT2D eigenvalue weighted by molar-refractivity contribution is 0.0857. The summed E-state index contributed by atoms with van der Waals surface area (Å²) in [6.45, 7) is 5.07.